The lowest BCUT2D eigenvalue weighted by Crippen LogP contribution is -2.19. The molecule has 112 valence electrons. The highest BCUT2D eigenvalue weighted by molar-refractivity contribution is 7.16. The predicted molar refractivity (Wildman–Crippen MR) is 83.9 cm³/mol. The van der Waals surface area contributed by atoms with Crippen molar-refractivity contribution in [2.75, 3.05) is 13.2 Å². The second-order valence-corrected chi connectivity index (χ2v) is 5.77. The van der Waals surface area contributed by atoms with Gasteiger partial charge in [0.1, 0.15) is 19.5 Å². The van der Waals surface area contributed by atoms with Gasteiger partial charge in [0.15, 0.2) is 4.80 Å². The second kappa shape index (κ2) is 6.08. The number of ether oxygens (including phenoxy) is 2. The van der Waals surface area contributed by atoms with E-state index in [0.717, 1.165) is 15.8 Å². The lowest BCUT2D eigenvalue weighted by atomic mass is 10.2. The first-order valence-corrected chi connectivity index (χ1v) is 7.58. The van der Waals surface area contributed by atoms with Gasteiger partial charge in [0, 0.05) is 0 Å². The van der Waals surface area contributed by atoms with Gasteiger partial charge < -0.3 is 14.0 Å². The molecule has 1 aromatic carbocycles. The van der Waals surface area contributed by atoms with Crippen molar-refractivity contribution in [3.63, 3.8) is 0 Å². The van der Waals surface area contributed by atoms with E-state index in [2.05, 4.69) is 17.0 Å². The molecule has 3 rings (SSSR count). The summed E-state index contributed by atoms with van der Waals surface area (Å²) in [6.45, 7) is 3.16. The first kappa shape index (κ1) is 14.4. The number of amides is 1. The van der Waals surface area contributed by atoms with Gasteiger partial charge in [0.2, 0.25) is 5.76 Å². The quantitative estimate of drug-likeness (QED) is 0.796. The summed E-state index contributed by atoms with van der Waals surface area (Å²) in [5.41, 5.74) is 2.11. The molecule has 0 N–H and O–H groups in total. The Labute approximate surface area is 131 Å². The highest BCUT2D eigenvalue weighted by Crippen LogP contribution is 2.19. The largest absolute Gasteiger partial charge is 0.494 e. The Bertz CT molecular complexity index is 868. The first-order chi connectivity index (χ1) is 10.7. The molecule has 0 saturated carbocycles. The van der Waals surface area contributed by atoms with Crippen LogP contribution in [0.15, 0.2) is 35.2 Å². The van der Waals surface area contributed by atoms with Crippen LogP contribution in [0.2, 0.25) is 0 Å². The molecule has 0 spiro atoms. The van der Waals surface area contributed by atoms with Crippen LogP contribution in [0.5, 0.6) is 0 Å². The minimum atomic E-state index is -0.464. The van der Waals surface area contributed by atoms with E-state index in [1.165, 1.54) is 17.6 Å². The van der Waals surface area contributed by atoms with E-state index in [-0.39, 0.29) is 5.76 Å². The summed E-state index contributed by atoms with van der Waals surface area (Å²) in [7, 11) is 0. The molecular formula is C16H14N2O3S. The lowest BCUT2D eigenvalue weighted by Gasteiger charge is -2.12. The number of rotatable bonds is 2. The van der Waals surface area contributed by atoms with Gasteiger partial charge >= 0.3 is 5.91 Å². The maximum absolute atomic E-state index is 12.2. The first-order valence-electron chi connectivity index (χ1n) is 6.76. The second-order valence-electron chi connectivity index (χ2n) is 4.76. The molecule has 22 heavy (non-hydrogen) atoms. The Morgan fingerprint density at radius 2 is 2.36 bits per heavy atom. The third kappa shape index (κ3) is 2.76. The van der Waals surface area contributed by atoms with Gasteiger partial charge in [0.25, 0.3) is 0 Å². The monoisotopic (exact) mass is 314 g/mol. The fraction of sp³-hybridized carbons (Fsp3) is 0.250. The molecule has 0 aliphatic carbocycles. The van der Waals surface area contributed by atoms with E-state index >= 15 is 0 Å². The SMILES string of the molecule is C#CCn1c(=NC(=O)C2=COCCO2)sc2cc(C)ccc21. The number of aryl methyl sites for hydroxylation is 1. The highest BCUT2D eigenvalue weighted by atomic mass is 32.1. The molecule has 5 nitrogen and oxygen atoms in total. The van der Waals surface area contributed by atoms with Crippen molar-refractivity contribution in [3.8, 4) is 12.3 Å². The molecule has 1 amide bonds. The van der Waals surface area contributed by atoms with Gasteiger partial charge in [-0.1, -0.05) is 23.3 Å². The molecule has 6 heteroatoms. The predicted octanol–water partition coefficient (Wildman–Crippen LogP) is 1.96. The zero-order chi connectivity index (χ0) is 15.5. The Hall–Kier alpha value is -2.52. The van der Waals surface area contributed by atoms with Crippen molar-refractivity contribution in [2.24, 2.45) is 4.99 Å². The molecule has 2 heterocycles. The van der Waals surface area contributed by atoms with E-state index in [1.54, 1.807) is 0 Å². The maximum Gasteiger partial charge on any atom is 0.317 e. The van der Waals surface area contributed by atoms with Crippen LogP contribution in [0, 0.1) is 19.3 Å². The topological polar surface area (TPSA) is 52.8 Å². The third-order valence-electron chi connectivity index (χ3n) is 3.14. The fourth-order valence-corrected chi connectivity index (χ4v) is 3.26. The van der Waals surface area contributed by atoms with E-state index in [0.29, 0.717) is 24.6 Å². The van der Waals surface area contributed by atoms with Gasteiger partial charge in [-0.15, -0.1) is 6.42 Å². The number of aromatic nitrogens is 1. The number of fused-ring (bicyclic) bond motifs is 1. The number of terminal acetylenes is 1. The molecule has 0 fully saturated rings. The van der Waals surface area contributed by atoms with Crippen LogP contribution in [0.1, 0.15) is 5.56 Å². The smallest absolute Gasteiger partial charge is 0.317 e. The highest BCUT2D eigenvalue weighted by Gasteiger charge is 2.15. The molecule has 1 aliphatic heterocycles. The van der Waals surface area contributed by atoms with Gasteiger partial charge in [-0.25, -0.2) is 0 Å². The van der Waals surface area contributed by atoms with Gasteiger partial charge in [0.05, 0.1) is 16.8 Å². The molecule has 1 aromatic heterocycles. The van der Waals surface area contributed by atoms with Gasteiger partial charge in [-0.3, -0.25) is 4.79 Å². The summed E-state index contributed by atoms with van der Waals surface area (Å²) in [6, 6.07) is 6.05. The number of hydrogen-bond acceptors (Lipinski definition) is 4. The molecule has 2 aromatic rings. The Morgan fingerprint density at radius 3 is 3.09 bits per heavy atom. The van der Waals surface area contributed by atoms with E-state index in [1.807, 2.05) is 23.6 Å². The van der Waals surface area contributed by atoms with E-state index in [4.69, 9.17) is 15.9 Å². The standard InChI is InChI=1S/C16H14N2O3S/c1-3-6-18-12-5-4-11(2)9-14(12)22-16(18)17-15(19)13-10-20-7-8-21-13/h1,4-5,9-10H,6-8H2,2H3. The summed E-state index contributed by atoms with van der Waals surface area (Å²) < 4.78 is 13.2. The van der Waals surface area contributed by atoms with Crippen LogP contribution in [0.3, 0.4) is 0 Å². The Kier molecular flexibility index (Phi) is 3.98. The van der Waals surface area contributed by atoms with Crippen molar-refractivity contribution in [3.05, 3.63) is 40.6 Å². The molecule has 0 bridgehead atoms. The molecule has 0 saturated heterocycles. The zero-order valence-corrected chi connectivity index (χ0v) is 12.9. The summed E-state index contributed by atoms with van der Waals surface area (Å²) in [4.78, 5) is 16.9. The molecule has 0 unspecified atom stereocenters. The normalized spacial score (nSPS) is 14.9. The molecule has 0 atom stereocenters. The fourth-order valence-electron chi connectivity index (χ4n) is 2.13. The Balaban J connectivity index is 2.11. The number of carbonyl (C=O) groups is 1. The Morgan fingerprint density at radius 1 is 1.50 bits per heavy atom. The van der Waals surface area contributed by atoms with Crippen LogP contribution in [0.25, 0.3) is 10.2 Å². The van der Waals surface area contributed by atoms with Crippen LogP contribution in [0.4, 0.5) is 0 Å². The molecule has 0 radical (unpaired) electrons. The van der Waals surface area contributed by atoms with E-state index in [9.17, 15) is 4.79 Å². The van der Waals surface area contributed by atoms with Crippen molar-refractivity contribution < 1.29 is 14.3 Å². The summed E-state index contributed by atoms with van der Waals surface area (Å²) in [5.74, 6) is 2.25. The molecular weight excluding hydrogens is 300 g/mol. The van der Waals surface area contributed by atoms with Crippen molar-refractivity contribution in [1.82, 2.24) is 4.57 Å². The summed E-state index contributed by atoms with van der Waals surface area (Å²) in [5, 5.41) is 0. The third-order valence-corrected chi connectivity index (χ3v) is 4.19. The van der Waals surface area contributed by atoms with Crippen LogP contribution in [-0.2, 0) is 20.8 Å². The minimum absolute atomic E-state index is 0.118. The number of carbonyl (C=O) groups excluding carboxylic acids is 1. The lowest BCUT2D eigenvalue weighted by molar-refractivity contribution is -0.119. The van der Waals surface area contributed by atoms with Crippen LogP contribution >= 0.6 is 11.3 Å². The van der Waals surface area contributed by atoms with Crippen molar-refractivity contribution in [2.45, 2.75) is 13.5 Å². The number of thiazole rings is 1. The zero-order valence-electron chi connectivity index (χ0n) is 12.0. The number of nitrogens with zero attached hydrogens (tertiary/aromatic N) is 2. The van der Waals surface area contributed by atoms with Crippen LogP contribution < -0.4 is 4.80 Å². The number of hydrogen-bond donors (Lipinski definition) is 0. The summed E-state index contributed by atoms with van der Waals surface area (Å²) >= 11 is 1.43. The average Bonchev–Trinajstić information content (AvgIpc) is 2.85. The van der Waals surface area contributed by atoms with Crippen LogP contribution in [-0.4, -0.2) is 23.7 Å². The average molecular weight is 314 g/mol. The van der Waals surface area contributed by atoms with Crippen molar-refractivity contribution in [1.29, 1.82) is 0 Å². The summed E-state index contributed by atoms with van der Waals surface area (Å²) in [6.07, 6.45) is 6.74. The maximum atomic E-state index is 12.2. The number of benzene rings is 1. The van der Waals surface area contributed by atoms with Crippen molar-refractivity contribution >= 4 is 27.5 Å². The molecule has 1 aliphatic rings. The van der Waals surface area contributed by atoms with Gasteiger partial charge in [-0.05, 0) is 24.6 Å². The van der Waals surface area contributed by atoms with E-state index < -0.39 is 5.91 Å². The van der Waals surface area contributed by atoms with Gasteiger partial charge in [-0.2, -0.15) is 4.99 Å². The minimum Gasteiger partial charge on any atom is -0.494 e.